The molecule has 0 spiro atoms. The van der Waals surface area contributed by atoms with Gasteiger partial charge in [-0.2, -0.15) is 18.3 Å². The van der Waals surface area contributed by atoms with E-state index in [9.17, 15) is 23.1 Å². The Hall–Kier alpha value is -2.29. The van der Waals surface area contributed by atoms with Crippen LogP contribution < -0.4 is 5.32 Å². The van der Waals surface area contributed by atoms with Crippen molar-refractivity contribution in [2.75, 3.05) is 18.4 Å². The van der Waals surface area contributed by atoms with Crippen LogP contribution in [0, 0.1) is 0 Å². The number of nitrogens with zero attached hydrogens (tertiary/aromatic N) is 3. The summed E-state index contributed by atoms with van der Waals surface area (Å²) in [6.07, 6.45) is -2.91. The summed E-state index contributed by atoms with van der Waals surface area (Å²) >= 11 is 0. The molecule has 2 N–H and O–H groups in total. The lowest BCUT2D eigenvalue weighted by atomic mass is 9.94. The van der Waals surface area contributed by atoms with Crippen LogP contribution in [-0.2, 0) is 0 Å². The quantitative estimate of drug-likeness (QED) is 0.882. The highest BCUT2D eigenvalue weighted by Gasteiger charge is 2.62. The number of hydrogen-bond donors (Lipinski definition) is 2. The Morgan fingerprint density at radius 2 is 2.04 bits per heavy atom. The van der Waals surface area contributed by atoms with Gasteiger partial charge in [0, 0.05) is 23.3 Å². The van der Waals surface area contributed by atoms with Gasteiger partial charge >= 0.3 is 12.2 Å². The number of nitrogens with one attached hydrogen (secondary N) is 1. The molecule has 130 valence electrons. The fraction of sp³-hybridized carbons (Fsp3) is 0.467. The zero-order chi connectivity index (χ0) is 17.7. The molecule has 6 nitrogen and oxygen atoms in total. The molecule has 3 rings (SSSR count). The third-order valence-corrected chi connectivity index (χ3v) is 4.02. The predicted octanol–water partition coefficient (Wildman–Crippen LogP) is 2.76. The van der Waals surface area contributed by atoms with E-state index in [1.165, 1.54) is 0 Å². The number of rotatable bonds is 2. The highest BCUT2D eigenvalue weighted by Crippen LogP contribution is 2.37. The van der Waals surface area contributed by atoms with Gasteiger partial charge in [0.1, 0.15) is 0 Å². The van der Waals surface area contributed by atoms with E-state index in [-0.39, 0.29) is 6.04 Å². The predicted molar refractivity (Wildman–Crippen MR) is 81.7 cm³/mol. The minimum atomic E-state index is -4.74. The van der Waals surface area contributed by atoms with E-state index in [2.05, 4.69) is 10.4 Å². The van der Waals surface area contributed by atoms with Crippen molar-refractivity contribution >= 4 is 22.6 Å². The van der Waals surface area contributed by atoms with E-state index in [1.54, 1.807) is 22.9 Å². The summed E-state index contributed by atoms with van der Waals surface area (Å²) in [6, 6.07) is 4.57. The summed E-state index contributed by atoms with van der Waals surface area (Å²) in [4.78, 5) is 12.9. The van der Waals surface area contributed by atoms with Gasteiger partial charge in [-0.25, -0.2) is 4.79 Å². The first-order valence-electron chi connectivity index (χ1n) is 7.43. The van der Waals surface area contributed by atoms with E-state index in [4.69, 9.17) is 0 Å². The van der Waals surface area contributed by atoms with Crippen molar-refractivity contribution in [2.24, 2.45) is 0 Å². The fourth-order valence-corrected chi connectivity index (χ4v) is 2.50. The van der Waals surface area contributed by atoms with Crippen LogP contribution in [0.2, 0.25) is 0 Å². The summed E-state index contributed by atoms with van der Waals surface area (Å²) in [5, 5.41) is 17.1. The smallest absolute Gasteiger partial charge is 0.378 e. The normalized spacial score (nSPS) is 17.2. The minimum Gasteiger partial charge on any atom is -0.378 e. The van der Waals surface area contributed by atoms with Gasteiger partial charge in [0.15, 0.2) is 5.60 Å². The summed E-state index contributed by atoms with van der Waals surface area (Å²) in [5.41, 5.74) is -1.59. The first-order chi connectivity index (χ1) is 11.1. The number of alkyl halides is 3. The third-order valence-electron chi connectivity index (χ3n) is 4.02. The lowest BCUT2D eigenvalue weighted by molar-refractivity contribution is -0.293. The van der Waals surface area contributed by atoms with Crippen molar-refractivity contribution in [1.82, 2.24) is 14.7 Å². The molecule has 1 aliphatic rings. The van der Waals surface area contributed by atoms with Gasteiger partial charge < -0.3 is 15.3 Å². The molecule has 24 heavy (non-hydrogen) atoms. The van der Waals surface area contributed by atoms with E-state index >= 15 is 0 Å². The Labute approximate surface area is 135 Å². The number of urea groups is 1. The molecule has 2 heterocycles. The van der Waals surface area contributed by atoms with Crippen molar-refractivity contribution in [1.29, 1.82) is 0 Å². The van der Waals surface area contributed by atoms with Crippen molar-refractivity contribution in [3.05, 3.63) is 24.4 Å². The number of anilines is 1. The number of hydrogen-bond acceptors (Lipinski definition) is 3. The highest BCUT2D eigenvalue weighted by molar-refractivity contribution is 5.93. The van der Waals surface area contributed by atoms with Crippen LogP contribution in [0.3, 0.4) is 0 Å². The van der Waals surface area contributed by atoms with Gasteiger partial charge in [-0.1, -0.05) is 0 Å². The van der Waals surface area contributed by atoms with Crippen LogP contribution in [0.25, 0.3) is 10.9 Å². The molecule has 0 aliphatic carbocycles. The minimum absolute atomic E-state index is 0.191. The molecule has 2 aromatic rings. The van der Waals surface area contributed by atoms with Crippen molar-refractivity contribution in [2.45, 2.75) is 31.7 Å². The van der Waals surface area contributed by atoms with Crippen LogP contribution in [-0.4, -0.2) is 50.7 Å². The summed E-state index contributed by atoms with van der Waals surface area (Å²) < 4.78 is 39.5. The Morgan fingerprint density at radius 1 is 1.38 bits per heavy atom. The molecule has 0 bridgehead atoms. The number of halogens is 3. The standard InChI is InChI=1S/C15H17F3N4O2/c1-9(2)22-6-10-5-11(3-4-12(10)20-22)19-13(23)21-7-14(24,8-21)15(16,17)18/h3-6,9,24H,7-8H2,1-2H3,(H,19,23). The van der Waals surface area contributed by atoms with E-state index in [0.29, 0.717) is 5.69 Å². The maximum atomic E-state index is 12.6. The van der Waals surface area contributed by atoms with Crippen molar-refractivity contribution in [3.63, 3.8) is 0 Å². The number of fused-ring (bicyclic) bond motifs is 1. The van der Waals surface area contributed by atoms with Gasteiger partial charge in [0.05, 0.1) is 18.6 Å². The van der Waals surface area contributed by atoms with Crippen LogP contribution in [0.4, 0.5) is 23.7 Å². The van der Waals surface area contributed by atoms with Crippen LogP contribution >= 0.6 is 0 Å². The molecule has 1 aromatic carbocycles. The van der Waals surface area contributed by atoms with Gasteiger partial charge in [-0.15, -0.1) is 0 Å². The monoisotopic (exact) mass is 342 g/mol. The maximum Gasteiger partial charge on any atom is 0.420 e. The van der Waals surface area contributed by atoms with Crippen LogP contribution in [0.5, 0.6) is 0 Å². The summed E-state index contributed by atoms with van der Waals surface area (Å²) in [6.45, 7) is 2.44. The number of carbonyl (C=O) groups is 1. The molecule has 0 saturated carbocycles. The number of benzene rings is 1. The first kappa shape index (κ1) is 16.6. The zero-order valence-electron chi connectivity index (χ0n) is 13.1. The largest absolute Gasteiger partial charge is 0.420 e. The van der Waals surface area contributed by atoms with E-state index in [1.807, 2.05) is 20.0 Å². The molecular weight excluding hydrogens is 325 g/mol. The summed E-state index contributed by atoms with van der Waals surface area (Å²) in [5.74, 6) is 0. The Bertz CT molecular complexity index is 779. The van der Waals surface area contributed by atoms with Gasteiger partial charge in [-0.3, -0.25) is 4.68 Å². The number of likely N-dealkylation sites (tertiary alicyclic amines) is 1. The van der Waals surface area contributed by atoms with Crippen molar-refractivity contribution in [3.8, 4) is 0 Å². The molecule has 9 heteroatoms. The third kappa shape index (κ3) is 2.79. The second kappa shape index (κ2) is 5.37. The molecule has 2 amide bonds. The molecule has 0 atom stereocenters. The lowest BCUT2D eigenvalue weighted by Gasteiger charge is -2.46. The van der Waals surface area contributed by atoms with E-state index < -0.39 is 30.9 Å². The van der Waals surface area contributed by atoms with Crippen LogP contribution in [0.15, 0.2) is 24.4 Å². The average molecular weight is 342 g/mol. The molecule has 1 saturated heterocycles. The molecule has 1 fully saturated rings. The molecule has 0 radical (unpaired) electrons. The topological polar surface area (TPSA) is 70.4 Å². The second-order valence-corrected chi connectivity index (χ2v) is 6.29. The maximum absolute atomic E-state index is 12.6. The Balaban J connectivity index is 1.68. The fourth-order valence-electron chi connectivity index (χ4n) is 2.50. The molecular formula is C15H17F3N4O2. The van der Waals surface area contributed by atoms with Gasteiger partial charge in [0.2, 0.25) is 0 Å². The Kier molecular flexibility index (Phi) is 3.71. The SMILES string of the molecule is CC(C)n1cc2cc(NC(=O)N3CC(O)(C(F)(F)F)C3)ccc2n1. The second-order valence-electron chi connectivity index (χ2n) is 6.29. The van der Waals surface area contributed by atoms with Crippen molar-refractivity contribution < 1.29 is 23.1 Å². The van der Waals surface area contributed by atoms with Gasteiger partial charge in [-0.05, 0) is 32.0 Å². The molecule has 1 aromatic heterocycles. The average Bonchev–Trinajstić information content (AvgIpc) is 2.85. The lowest BCUT2D eigenvalue weighted by Crippen LogP contribution is -2.70. The van der Waals surface area contributed by atoms with E-state index in [0.717, 1.165) is 15.8 Å². The summed E-state index contributed by atoms with van der Waals surface area (Å²) in [7, 11) is 0. The highest BCUT2D eigenvalue weighted by atomic mass is 19.4. The molecule has 0 unspecified atom stereocenters. The number of carbonyl (C=O) groups excluding carboxylic acids is 1. The zero-order valence-corrected chi connectivity index (χ0v) is 13.1. The van der Waals surface area contributed by atoms with Gasteiger partial charge in [0.25, 0.3) is 0 Å². The Morgan fingerprint density at radius 3 is 2.62 bits per heavy atom. The number of β-amino-alcohol motifs (C(OH)–C–C–N with tert-alkyl or cyclic N) is 1. The first-order valence-corrected chi connectivity index (χ1v) is 7.43. The number of aliphatic hydroxyl groups is 1. The van der Waals surface area contributed by atoms with Crippen LogP contribution in [0.1, 0.15) is 19.9 Å². The number of amides is 2. The number of aromatic nitrogens is 2. The molecule has 1 aliphatic heterocycles.